The summed E-state index contributed by atoms with van der Waals surface area (Å²) in [5.74, 6) is -2.10. The third kappa shape index (κ3) is 3.57. The van der Waals surface area contributed by atoms with Gasteiger partial charge in [-0.3, -0.25) is 0 Å². The van der Waals surface area contributed by atoms with Gasteiger partial charge in [0.2, 0.25) is 0 Å². The fraction of sp³-hybridized carbons (Fsp3) is 0.300. The van der Waals surface area contributed by atoms with Gasteiger partial charge in [0.1, 0.15) is 29.3 Å². The highest BCUT2D eigenvalue weighted by Crippen LogP contribution is 2.43. The minimum absolute atomic E-state index is 0.333. The summed E-state index contributed by atoms with van der Waals surface area (Å²) in [6.45, 7) is 3.34. The highest BCUT2D eigenvalue weighted by atomic mass is 19.1. The second-order valence-electron chi connectivity index (χ2n) is 7.01. The molecule has 0 amide bonds. The lowest BCUT2D eigenvalue weighted by Gasteiger charge is -2.44. The number of anilines is 1. The number of nitriles is 1. The minimum atomic E-state index is -1.22. The van der Waals surface area contributed by atoms with Gasteiger partial charge in [0.15, 0.2) is 0 Å². The number of rotatable bonds is 4. The molecule has 0 aliphatic carbocycles. The summed E-state index contributed by atoms with van der Waals surface area (Å²) in [6.07, 6.45) is -1.16. The molecule has 3 N–H and O–H groups in total. The lowest BCUT2D eigenvalue weighted by atomic mass is 9.76. The fourth-order valence-electron chi connectivity index (χ4n) is 3.31. The van der Waals surface area contributed by atoms with Crippen molar-refractivity contribution in [2.24, 2.45) is 0 Å². The van der Waals surface area contributed by atoms with E-state index in [-0.39, 0.29) is 0 Å². The van der Waals surface area contributed by atoms with Gasteiger partial charge in [0.05, 0.1) is 11.6 Å². The Hall–Kier alpha value is -3.11. The summed E-state index contributed by atoms with van der Waals surface area (Å²) >= 11 is 0. The van der Waals surface area contributed by atoms with Gasteiger partial charge in [-0.1, -0.05) is 0 Å². The minimum Gasteiger partial charge on any atom is -0.485 e. The molecule has 6 nitrogen and oxygen atoms in total. The summed E-state index contributed by atoms with van der Waals surface area (Å²) in [4.78, 5) is 12.0. The molecular weight excluding hydrogens is 351 g/mol. The Morgan fingerprint density at radius 2 is 1.96 bits per heavy atom. The normalized spacial score (nSPS) is 21.3. The molecule has 2 aromatic carbocycles. The Balaban J connectivity index is 2.08. The van der Waals surface area contributed by atoms with Gasteiger partial charge in [-0.2, -0.15) is 5.26 Å². The number of benzene rings is 2. The first-order valence-electron chi connectivity index (χ1n) is 8.39. The zero-order valence-corrected chi connectivity index (χ0v) is 14.8. The summed E-state index contributed by atoms with van der Waals surface area (Å²) in [6, 6.07) is 10.8. The number of carboxylic acids is 1. The molecule has 1 aliphatic heterocycles. The topological polar surface area (TPSA) is 103 Å². The Labute approximate surface area is 155 Å². The molecule has 1 unspecified atom stereocenters. The van der Waals surface area contributed by atoms with Crippen molar-refractivity contribution < 1.29 is 24.1 Å². The van der Waals surface area contributed by atoms with Crippen LogP contribution in [0, 0.1) is 17.1 Å². The Kier molecular flexibility index (Phi) is 4.77. The van der Waals surface area contributed by atoms with Gasteiger partial charge in [0.25, 0.3) is 0 Å². The van der Waals surface area contributed by atoms with E-state index in [9.17, 15) is 24.7 Å². The monoisotopic (exact) mass is 370 g/mol. The summed E-state index contributed by atoms with van der Waals surface area (Å²) < 4.78 is 19.0. The highest BCUT2D eigenvalue weighted by Gasteiger charge is 2.48. The second-order valence-corrected chi connectivity index (χ2v) is 7.01. The number of carbonyl (C=O) groups is 1. The number of aliphatic hydroxyl groups is 1. The average molecular weight is 370 g/mol. The first-order valence-corrected chi connectivity index (χ1v) is 8.39. The molecule has 27 heavy (non-hydrogen) atoms. The molecule has 1 aliphatic rings. The number of halogens is 1. The number of hydrogen-bond donors (Lipinski definition) is 3. The van der Waals surface area contributed by atoms with Crippen LogP contribution in [0.2, 0.25) is 0 Å². The summed E-state index contributed by atoms with van der Waals surface area (Å²) in [7, 11) is 0. The summed E-state index contributed by atoms with van der Waals surface area (Å²) in [5.41, 5.74) is 0.130. The van der Waals surface area contributed by atoms with E-state index in [0.29, 0.717) is 22.6 Å². The molecule has 3 rings (SSSR count). The van der Waals surface area contributed by atoms with Crippen molar-refractivity contribution in [1.82, 2.24) is 0 Å². The second kappa shape index (κ2) is 6.89. The predicted octanol–water partition coefficient (Wildman–Crippen LogP) is 2.88. The largest absolute Gasteiger partial charge is 0.485 e. The van der Waals surface area contributed by atoms with Crippen LogP contribution in [0.15, 0.2) is 42.5 Å². The summed E-state index contributed by atoms with van der Waals surface area (Å²) in [5, 5.41) is 32.7. The standard InChI is InChI=1S/C20H19FN2O4/c1-20(2)18(24)16(14-9-11(10-22)3-8-15(14)27-20)17(19(25)26)23-13-6-4-12(21)5-7-13/h3-9,16-18,23-24H,1-2H3,(H,25,26)/t16-,17?,18-/m1/s1. The molecule has 0 aromatic heterocycles. The molecule has 0 spiro atoms. The zero-order valence-electron chi connectivity index (χ0n) is 14.8. The number of fused-ring (bicyclic) bond motifs is 1. The van der Waals surface area contributed by atoms with Crippen molar-refractivity contribution in [1.29, 1.82) is 5.26 Å². The zero-order chi connectivity index (χ0) is 19.8. The van der Waals surface area contributed by atoms with E-state index in [1.165, 1.54) is 30.3 Å². The highest BCUT2D eigenvalue weighted by molar-refractivity contribution is 5.79. The maximum Gasteiger partial charge on any atom is 0.326 e. The van der Waals surface area contributed by atoms with Gasteiger partial charge < -0.3 is 20.3 Å². The Bertz CT molecular complexity index is 905. The van der Waals surface area contributed by atoms with Crippen molar-refractivity contribution in [2.45, 2.75) is 37.5 Å². The van der Waals surface area contributed by atoms with Gasteiger partial charge in [-0.25, -0.2) is 9.18 Å². The van der Waals surface area contributed by atoms with Crippen molar-refractivity contribution >= 4 is 11.7 Å². The number of aliphatic hydroxyl groups excluding tert-OH is 1. The van der Waals surface area contributed by atoms with Crippen molar-refractivity contribution in [3.8, 4) is 11.8 Å². The van der Waals surface area contributed by atoms with E-state index in [1.54, 1.807) is 26.0 Å². The molecular formula is C20H19FN2O4. The molecule has 3 atom stereocenters. The smallest absolute Gasteiger partial charge is 0.326 e. The Morgan fingerprint density at radius 1 is 1.30 bits per heavy atom. The van der Waals surface area contributed by atoms with Crippen LogP contribution in [0.25, 0.3) is 0 Å². The van der Waals surface area contributed by atoms with E-state index >= 15 is 0 Å². The van der Waals surface area contributed by atoms with Crippen LogP contribution in [-0.2, 0) is 4.79 Å². The van der Waals surface area contributed by atoms with Crippen molar-refractivity contribution in [2.75, 3.05) is 5.32 Å². The molecule has 1 heterocycles. The molecule has 2 aromatic rings. The molecule has 0 bridgehead atoms. The fourth-order valence-corrected chi connectivity index (χ4v) is 3.31. The Morgan fingerprint density at radius 3 is 2.56 bits per heavy atom. The van der Waals surface area contributed by atoms with Crippen LogP contribution in [0.4, 0.5) is 10.1 Å². The van der Waals surface area contributed by atoms with E-state index in [1.807, 2.05) is 6.07 Å². The lowest BCUT2D eigenvalue weighted by molar-refractivity contribution is -0.141. The number of hydrogen-bond acceptors (Lipinski definition) is 5. The number of aliphatic carboxylic acids is 1. The molecule has 0 saturated heterocycles. The number of ether oxygens (including phenoxy) is 1. The van der Waals surface area contributed by atoms with Crippen LogP contribution in [0.3, 0.4) is 0 Å². The maximum absolute atomic E-state index is 13.2. The third-order valence-electron chi connectivity index (χ3n) is 4.72. The molecule has 0 fully saturated rings. The van der Waals surface area contributed by atoms with Gasteiger partial charge in [-0.15, -0.1) is 0 Å². The van der Waals surface area contributed by atoms with E-state index in [4.69, 9.17) is 4.74 Å². The SMILES string of the molecule is CC1(C)Oc2ccc(C#N)cc2[C@H](C(Nc2ccc(F)cc2)C(=O)O)[C@H]1O. The van der Waals surface area contributed by atoms with Crippen molar-refractivity contribution in [3.63, 3.8) is 0 Å². The van der Waals surface area contributed by atoms with Gasteiger partial charge in [0, 0.05) is 17.2 Å². The van der Waals surface area contributed by atoms with Crippen LogP contribution in [0.1, 0.15) is 30.9 Å². The first-order chi connectivity index (χ1) is 12.7. The van der Waals surface area contributed by atoms with E-state index in [2.05, 4.69) is 5.32 Å². The van der Waals surface area contributed by atoms with Crippen LogP contribution in [0.5, 0.6) is 5.75 Å². The number of nitrogens with one attached hydrogen (secondary N) is 1. The predicted molar refractivity (Wildman–Crippen MR) is 96.1 cm³/mol. The molecule has 0 saturated carbocycles. The van der Waals surface area contributed by atoms with Crippen molar-refractivity contribution in [3.05, 3.63) is 59.4 Å². The number of nitrogens with zero attached hydrogens (tertiary/aromatic N) is 1. The molecule has 7 heteroatoms. The quantitative estimate of drug-likeness (QED) is 0.765. The number of carboxylic acid groups (broad SMARTS) is 1. The lowest BCUT2D eigenvalue weighted by Crippen LogP contribution is -2.54. The van der Waals surface area contributed by atoms with E-state index in [0.717, 1.165) is 0 Å². The first kappa shape index (κ1) is 18.7. The van der Waals surface area contributed by atoms with Crippen LogP contribution >= 0.6 is 0 Å². The molecule has 140 valence electrons. The van der Waals surface area contributed by atoms with E-state index < -0.39 is 35.5 Å². The van der Waals surface area contributed by atoms with Crippen LogP contribution in [-0.4, -0.2) is 33.9 Å². The third-order valence-corrected chi connectivity index (χ3v) is 4.72. The van der Waals surface area contributed by atoms with Gasteiger partial charge in [-0.05, 0) is 56.3 Å². The maximum atomic E-state index is 13.2. The van der Waals surface area contributed by atoms with Gasteiger partial charge >= 0.3 is 5.97 Å². The average Bonchev–Trinajstić information content (AvgIpc) is 2.62. The molecule has 0 radical (unpaired) electrons. The van der Waals surface area contributed by atoms with Crippen LogP contribution < -0.4 is 10.1 Å².